The van der Waals surface area contributed by atoms with Crippen LogP contribution in [0.15, 0.2) is 22.7 Å². The van der Waals surface area contributed by atoms with Gasteiger partial charge in [-0.25, -0.2) is 0 Å². The van der Waals surface area contributed by atoms with E-state index in [9.17, 15) is 10.1 Å². The Kier molecular flexibility index (Phi) is 7.96. The van der Waals surface area contributed by atoms with Crippen LogP contribution in [0.3, 0.4) is 0 Å². The van der Waals surface area contributed by atoms with Gasteiger partial charge in [-0.05, 0) is 61.9 Å². The Morgan fingerprint density at radius 2 is 1.83 bits per heavy atom. The molecule has 0 amide bonds. The third-order valence-corrected chi connectivity index (χ3v) is 11.4. The lowest BCUT2D eigenvalue weighted by atomic mass is 9.91. The van der Waals surface area contributed by atoms with Gasteiger partial charge in [-0.15, -0.1) is 0 Å². The first-order valence-electron chi connectivity index (χ1n) is 10.7. The van der Waals surface area contributed by atoms with Crippen LogP contribution in [0.1, 0.15) is 60.3 Å². The number of nitro groups is 1. The number of nitrogens with zero attached hydrogens (tertiary/aromatic N) is 2. The maximum atomic E-state index is 11.7. The van der Waals surface area contributed by atoms with Gasteiger partial charge in [-0.1, -0.05) is 50.5 Å². The van der Waals surface area contributed by atoms with E-state index >= 15 is 0 Å². The zero-order valence-corrected chi connectivity index (χ0v) is 21.6. The number of hydrogen-bond acceptors (Lipinski definition) is 4. The molecule has 0 N–H and O–H groups in total. The molecule has 1 aliphatic carbocycles. The van der Waals surface area contributed by atoms with Crippen LogP contribution in [0.4, 0.5) is 11.4 Å². The molecule has 0 bridgehead atoms. The van der Waals surface area contributed by atoms with Gasteiger partial charge in [-0.2, -0.15) is 0 Å². The second kappa shape index (κ2) is 9.48. The minimum absolute atomic E-state index is 0.180. The van der Waals surface area contributed by atoms with Crippen LogP contribution in [0.5, 0.6) is 0 Å². The summed E-state index contributed by atoms with van der Waals surface area (Å²) in [6.45, 7) is 16.6. The lowest BCUT2D eigenvalue weighted by Gasteiger charge is -2.43. The summed E-state index contributed by atoms with van der Waals surface area (Å²) in [6, 6.07) is 5.73. The van der Waals surface area contributed by atoms with Crippen LogP contribution in [-0.2, 0) is 4.43 Å². The standard InChI is InChI=1S/C22H37BrN2O3Si/c1-16(2)15-24(20-13-8-17(23)14-21(20)25(26)27)18-9-11-19(12-10-18)28-29(6,7)22(3,4)5/h8,13-14,16,18-19H,9-12,15H2,1-7H3/t18-,19-. The van der Waals surface area contributed by atoms with Gasteiger partial charge in [0, 0.05) is 29.2 Å². The van der Waals surface area contributed by atoms with Gasteiger partial charge in [0.15, 0.2) is 8.32 Å². The molecule has 0 heterocycles. The highest BCUT2D eigenvalue weighted by Crippen LogP contribution is 2.41. The Hall–Kier alpha value is -0.923. The molecule has 164 valence electrons. The molecule has 7 heteroatoms. The van der Waals surface area contributed by atoms with Gasteiger partial charge in [0.1, 0.15) is 5.69 Å². The largest absolute Gasteiger partial charge is 0.414 e. The fourth-order valence-corrected chi connectivity index (χ4v) is 5.56. The van der Waals surface area contributed by atoms with E-state index in [0.717, 1.165) is 42.4 Å². The lowest BCUT2D eigenvalue weighted by molar-refractivity contribution is -0.384. The molecular weight excluding hydrogens is 448 g/mol. The van der Waals surface area contributed by atoms with Crippen molar-refractivity contribution < 1.29 is 9.35 Å². The summed E-state index contributed by atoms with van der Waals surface area (Å²) in [4.78, 5) is 13.7. The van der Waals surface area contributed by atoms with Crippen molar-refractivity contribution >= 4 is 35.6 Å². The minimum Gasteiger partial charge on any atom is -0.414 e. The topological polar surface area (TPSA) is 55.6 Å². The van der Waals surface area contributed by atoms with E-state index in [1.54, 1.807) is 6.07 Å². The van der Waals surface area contributed by atoms with Crippen molar-refractivity contribution in [1.29, 1.82) is 0 Å². The highest BCUT2D eigenvalue weighted by atomic mass is 79.9. The third-order valence-electron chi connectivity index (χ3n) is 6.36. The van der Waals surface area contributed by atoms with Crippen molar-refractivity contribution in [3.63, 3.8) is 0 Å². The number of anilines is 1. The number of rotatable bonds is 7. The summed E-state index contributed by atoms with van der Waals surface area (Å²) in [5.41, 5.74) is 0.917. The molecule has 0 radical (unpaired) electrons. The van der Waals surface area contributed by atoms with Crippen LogP contribution in [0, 0.1) is 16.0 Å². The molecule has 1 aromatic carbocycles. The molecule has 0 aromatic heterocycles. The molecule has 1 aromatic rings. The predicted molar refractivity (Wildman–Crippen MR) is 127 cm³/mol. The monoisotopic (exact) mass is 484 g/mol. The Morgan fingerprint density at radius 3 is 2.31 bits per heavy atom. The van der Waals surface area contributed by atoms with Crippen molar-refractivity contribution in [1.82, 2.24) is 0 Å². The molecule has 0 saturated heterocycles. The molecule has 2 rings (SSSR count). The van der Waals surface area contributed by atoms with E-state index in [4.69, 9.17) is 4.43 Å². The highest BCUT2D eigenvalue weighted by Gasteiger charge is 2.40. The van der Waals surface area contributed by atoms with Crippen molar-refractivity contribution in [2.45, 2.75) is 90.6 Å². The Labute approximate surface area is 185 Å². The van der Waals surface area contributed by atoms with E-state index in [2.05, 4.69) is 68.5 Å². The van der Waals surface area contributed by atoms with Crippen molar-refractivity contribution in [2.24, 2.45) is 5.92 Å². The van der Waals surface area contributed by atoms with Gasteiger partial charge in [0.05, 0.1) is 4.92 Å². The normalized spacial score (nSPS) is 20.7. The summed E-state index contributed by atoms with van der Waals surface area (Å²) in [6.07, 6.45) is 4.39. The number of benzene rings is 1. The van der Waals surface area contributed by atoms with E-state index < -0.39 is 8.32 Å². The summed E-state index contributed by atoms with van der Waals surface area (Å²) in [5, 5.41) is 11.9. The van der Waals surface area contributed by atoms with Crippen LogP contribution in [-0.4, -0.2) is 31.9 Å². The fourth-order valence-electron chi connectivity index (χ4n) is 3.79. The predicted octanol–water partition coefficient (Wildman–Crippen LogP) is 7.15. The SMILES string of the molecule is CC(C)CN(c1ccc(Br)cc1[N+](=O)[O-])[C@H]1CC[C@H](O[Si](C)(C)C(C)(C)C)CC1. The van der Waals surface area contributed by atoms with Gasteiger partial charge in [-0.3, -0.25) is 10.1 Å². The van der Waals surface area contributed by atoms with E-state index in [1.165, 1.54) is 0 Å². The van der Waals surface area contributed by atoms with Crippen LogP contribution < -0.4 is 4.90 Å². The summed E-state index contributed by atoms with van der Waals surface area (Å²) in [7, 11) is -1.77. The minimum atomic E-state index is -1.77. The summed E-state index contributed by atoms with van der Waals surface area (Å²) in [5.74, 6) is 0.430. The molecule has 5 nitrogen and oxygen atoms in total. The molecule has 29 heavy (non-hydrogen) atoms. The first kappa shape index (κ1) is 24.3. The molecular formula is C22H37BrN2O3Si. The van der Waals surface area contributed by atoms with Crippen LogP contribution in [0.25, 0.3) is 0 Å². The van der Waals surface area contributed by atoms with Gasteiger partial charge in [0.2, 0.25) is 0 Å². The third kappa shape index (κ3) is 6.28. The molecule has 0 aliphatic heterocycles. The molecule has 0 unspecified atom stereocenters. The Bertz CT molecular complexity index is 710. The van der Waals surface area contributed by atoms with Crippen molar-refractivity contribution in [3.05, 3.63) is 32.8 Å². The molecule has 1 fully saturated rings. The first-order chi connectivity index (χ1) is 13.3. The smallest absolute Gasteiger partial charge is 0.293 e. The van der Waals surface area contributed by atoms with Crippen LogP contribution in [0.2, 0.25) is 18.1 Å². The maximum absolute atomic E-state index is 11.7. The van der Waals surface area contributed by atoms with E-state index in [1.807, 2.05) is 12.1 Å². The first-order valence-corrected chi connectivity index (χ1v) is 14.4. The Balaban J connectivity index is 2.18. The van der Waals surface area contributed by atoms with Crippen molar-refractivity contribution in [3.8, 4) is 0 Å². The number of nitro benzene ring substituents is 1. The Morgan fingerprint density at radius 1 is 1.24 bits per heavy atom. The summed E-state index contributed by atoms with van der Waals surface area (Å²) < 4.78 is 7.38. The van der Waals surface area contributed by atoms with Crippen molar-refractivity contribution in [2.75, 3.05) is 11.4 Å². The quantitative estimate of drug-likeness (QED) is 0.234. The molecule has 0 atom stereocenters. The van der Waals surface area contributed by atoms with Crippen LogP contribution >= 0.6 is 15.9 Å². The molecule has 0 spiro atoms. The van der Waals surface area contributed by atoms with E-state index in [0.29, 0.717) is 18.1 Å². The summed E-state index contributed by atoms with van der Waals surface area (Å²) >= 11 is 3.38. The zero-order valence-electron chi connectivity index (χ0n) is 19.0. The highest BCUT2D eigenvalue weighted by molar-refractivity contribution is 9.10. The molecule has 1 saturated carbocycles. The second-order valence-electron chi connectivity index (χ2n) is 10.2. The fraction of sp³-hybridized carbons (Fsp3) is 0.727. The lowest BCUT2D eigenvalue weighted by Crippen LogP contribution is -2.47. The number of hydrogen-bond donors (Lipinski definition) is 0. The maximum Gasteiger partial charge on any atom is 0.293 e. The second-order valence-corrected chi connectivity index (χ2v) is 15.9. The zero-order chi connectivity index (χ0) is 22.0. The van der Waals surface area contributed by atoms with Gasteiger partial charge >= 0.3 is 0 Å². The van der Waals surface area contributed by atoms with Gasteiger partial charge < -0.3 is 9.33 Å². The molecule has 1 aliphatic rings. The average Bonchev–Trinajstić information content (AvgIpc) is 2.59. The number of halogens is 1. The van der Waals surface area contributed by atoms with Gasteiger partial charge in [0.25, 0.3) is 5.69 Å². The average molecular weight is 486 g/mol. The van der Waals surface area contributed by atoms with E-state index in [-0.39, 0.29) is 15.6 Å².